The van der Waals surface area contributed by atoms with Gasteiger partial charge in [0.15, 0.2) is 0 Å². The minimum atomic E-state index is 0.165. The van der Waals surface area contributed by atoms with Crippen molar-refractivity contribution in [3.63, 3.8) is 0 Å². The van der Waals surface area contributed by atoms with Crippen molar-refractivity contribution >= 4 is 11.7 Å². The largest absolute Gasteiger partial charge is 0.439 e. The molecule has 3 rings (SSSR count). The van der Waals surface area contributed by atoms with Gasteiger partial charge in [0, 0.05) is 38.2 Å². The molecule has 0 spiro atoms. The maximum atomic E-state index is 12.6. The van der Waals surface area contributed by atoms with Gasteiger partial charge in [-0.1, -0.05) is 44.4 Å². The number of amides is 1. The molecular formula is C23H32N4O2. The number of aryl methyl sites for hydroxylation is 1. The summed E-state index contributed by atoms with van der Waals surface area (Å²) in [6, 6.07) is 9.92. The lowest BCUT2D eigenvalue weighted by Gasteiger charge is -2.40. The Hall–Kier alpha value is -2.63. The quantitative estimate of drug-likeness (QED) is 0.611. The number of hydrogen-bond acceptors (Lipinski definition) is 5. The fourth-order valence-electron chi connectivity index (χ4n) is 3.73. The van der Waals surface area contributed by atoms with Crippen LogP contribution >= 0.6 is 0 Å². The maximum Gasteiger partial charge on any atom is 0.224 e. The molecule has 0 bridgehead atoms. The van der Waals surface area contributed by atoms with Gasteiger partial charge in [-0.25, -0.2) is 9.97 Å². The number of carbonyl (C=O) groups excluding carboxylic acids is 1. The van der Waals surface area contributed by atoms with E-state index in [-0.39, 0.29) is 11.9 Å². The summed E-state index contributed by atoms with van der Waals surface area (Å²) < 4.78 is 5.95. The number of ether oxygens (including phenoxy) is 1. The van der Waals surface area contributed by atoms with E-state index in [9.17, 15) is 4.79 Å². The number of unbranched alkanes of at least 4 members (excludes halogenated alkanes) is 3. The molecule has 6 heteroatoms. The number of hydrogen-bond donors (Lipinski definition) is 0. The molecule has 29 heavy (non-hydrogen) atoms. The first-order chi connectivity index (χ1) is 14.1. The van der Waals surface area contributed by atoms with Gasteiger partial charge in [0.1, 0.15) is 17.9 Å². The molecule has 1 aliphatic rings. The van der Waals surface area contributed by atoms with Crippen molar-refractivity contribution in [3.05, 3.63) is 42.2 Å². The molecule has 0 aliphatic carbocycles. The fourth-order valence-corrected chi connectivity index (χ4v) is 3.73. The number of aromatic nitrogens is 2. The number of para-hydroxylation sites is 1. The highest BCUT2D eigenvalue weighted by molar-refractivity contribution is 5.76. The number of rotatable bonds is 8. The molecule has 1 fully saturated rings. The second-order valence-electron chi connectivity index (χ2n) is 7.77. The van der Waals surface area contributed by atoms with Gasteiger partial charge < -0.3 is 14.5 Å². The first-order valence-electron chi connectivity index (χ1n) is 10.7. The molecule has 2 heterocycles. The van der Waals surface area contributed by atoms with Gasteiger partial charge in [-0.05, 0) is 31.9 Å². The molecule has 1 amide bonds. The van der Waals surface area contributed by atoms with E-state index in [1.165, 1.54) is 12.8 Å². The van der Waals surface area contributed by atoms with Crippen LogP contribution in [-0.4, -0.2) is 46.5 Å². The summed E-state index contributed by atoms with van der Waals surface area (Å²) in [5.41, 5.74) is 1.06. The predicted molar refractivity (Wildman–Crippen MR) is 115 cm³/mol. The Balaban J connectivity index is 1.58. The normalized spacial score (nSPS) is 16.7. The Bertz CT molecular complexity index is 811. The number of benzene rings is 1. The summed E-state index contributed by atoms with van der Waals surface area (Å²) in [4.78, 5) is 25.5. The topological polar surface area (TPSA) is 58.6 Å². The molecule has 0 unspecified atom stereocenters. The van der Waals surface area contributed by atoms with E-state index in [1.54, 1.807) is 6.33 Å². The van der Waals surface area contributed by atoms with Crippen molar-refractivity contribution in [1.82, 2.24) is 14.9 Å². The van der Waals surface area contributed by atoms with Gasteiger partial charge >= 0.3 is 0 Å². The van der Waals surface area contributed by atoms with Crippen LogP contribution in [0.1, 0.15) is 51.5 Å². The number of anilines is 1. The molecule has 0 radical (unpaired) electrons. The smallest absolute Gasteiger partial charge is 0.224 e. The average Bonchev–Trinajstić information content (AvgIpc) is 2.73. The van der Waals surface area contributed by atoms with Crippen LogP contribution < -0.4 is 9.64 Å². The van der Waals surface area contributed by atoms with Gasteiger partial charge in [0.05, 0.1) is 0 Å². The summed E-state index contributed by atoms with van der Waals surface area (Å²) in [5.74, 6) is 2.44. The van der Waals surface area contributed by atoms with E-state index in [1.807, 2.05) is 42.2 Å². The van der Waals surface area contributed by atoms with Crippen LogP contribution in [0.5, 0.6) is 11.6 Å². The van der Waals surface area contributed by atoms with Crippen molar-refractivity contribution in [2.45, 2.75) is 58.9 Å². The Kier molecular flexibility index (Phi) is 7.44. The van der Waals surface area contributed by atoms with Gasteiger partial charge in [0.25, 0.3) is 0 Å². The van der Waals surface area contributed by atoms with Crippen LogP contribution in [0.15, 0.2) is 36.7 Å². The molecule has 156 valence electrons. The van der Waals surface area contributed by atoms with Crippen molar-refractivity contribution in [2.75, 3.05) is 24.5 Å². The van der Waals surface area contributed by atoms with E-state index in [4.69, 9.17) is 4.74 Å². The van der Waals surface area contributed by atoms with E-state index >= 15 is 0 Å². The monoisotopic (exact) mass is 396 g/mol. The molecule has 2 aromatic rings. The predicted octanol–water partition coefficient (Wildman–Crippen LogP) is 4.58. The van der Waals surface area contributed by atoms with E-state index in [0.717, 1.165) is 49.6 Å². The Morgan fingerprint density at radius 3 is 2.76 bits per heavy atom. The molecule has 1 aliphatic heterocycles. The first kappa shape index (κ1) is 21.1. The third kappa shape index (κ3) is 5.68. The summed E-state index contributed by atoms with van der Waals surface area (Å²) >= 11 is 0. The Morgan fingerprint density at radius 1 is 1.17 bits per heavy atom. The van der Waals surface area contributed by atoms with Crippen molar-refractivity contribution in [3.8, 4) is 11.6 Å². The van der Waals surface area contributed by atoms with Crippen LogP contribution in [-0.2, 0) is 4.79 Å². The zero-order valence-corrected chi connectivity index (χ0v) is 17.8. The van der Waals surface area contributed by atoms with Gasteiger partial charge in [0.2, 0.25) is 11.8 Å². The molecule has 1 atom stereocenters. The Morgan fingerprint density at radius 2 is 2.00 bits per heavy atom. The fraction of sp³-hybridized carbons (Fsp3) is 0.522. The van der Waals surface area contributed by atoms with Crippen molar-refractivity contribution in [2.24, 2.45) is 0 Å². The van der Waals surface area contributed by atoms with Crippen molar-refractivity contribution < 1.29 is 9.53 Å². The van der Waals surface area contributed by atoms with E-state index < -0.39 is 0 Å². The molecule has 0 saturated carbocycles. The third-order valence-electron chi connectivity index (χ3n) is 5.45. The van der Waals surface area contributed by atoms with Gasteiger partial charge in [-0.3, -0.25) is 4.79 Å². The van der Waals surface area contributed by atoms with Crippen LogP contribution in [0.4, 0.5) is 5.82 Å². The molecule has 0 N–H and O–H groups in total. The zero-order valence-electron chi connectivity index (χ0n) is 17.8. The highest BCUT2D eigenvalue weighted by atomic mass is 16.5. The van der Waals surface area contributed by atoms with Crippen LogP contribution in [0, 0.1) is 6.92 Å². The molecule has 1 aromatic heterocycles. The van der Waals surface area contributed by atoms with E-state index in [0.29, 0.717) is 12.3 Å². The number of nitrogens with zero attached hydrogens (tertiary/aromatic N) is 4. The SMILES string of the molecule is CCCCCCC(=O)N1CCN(c2cc(Oc3ccccc3C)ncn2)C[C@@H]1C. The second kappa shape index (κ2) is 10.2. The van der Waals surface area contributed by atoms with E-state index in [2.05, 4.69) is 28.7 Å². The number of piperazine rings is 1. The maximum absolute atomic E-state index is 12.6. The minimum absolute atomic E-state index is 0.165. The first-order valence-corrected chi connectivity index (χ1v) is 10.7. The third-order valence-corrected chi connectivity index (χ3v) is 5.45. The van der Waals surface area contributed by atoms with Crippen molar-refractivity contribution in [1.29, 1.82) is 0 Å². The highest BCUT2D eigenvalue weighted by Crippen LogP contribution is 2.26. The number of carbonyl (C=O) groups is 1. The summed E-state index contributed by atoms with van der Waals surface area (Å²) in [5, 5.41) is 0. The lowest BCUT2D eigenvalue weighted by Crippen LogP contribution is -2.54. The standard InChI is InChI=1S/C23H32N4O2/c1-4-5-6-7-12-23(28)27-14-13-26(16-19(27)3)21-15-22(25-17-24-21)29-20-11-9-8-10-18(20)2/h8-11,15,17,19H,4-7,12-14,16H2,1-3H3/t19-/m0/s1. The molecule has 1 saturated heterocycles. The van der Waals surface area contributed by atoms with Gasteiger partial charge in [-0.2, -0.15) is 0 Å². The zero-order chi connectivity index (χ0) is 20.6. The summed E-state index contributed by atoms with van der Waals surface area (Å²) in [7, 11) is 0. The summed E-state index contributed by atoms with van der Waals surface area (Å²) in [6.45, 7) is 8.58. The van der Waals surface area contributed by atoms with Crippen LogP contribution in [0.2, 0.25) is 0 Å². The highest BCUT2D eigenvalue weighted by Gasteiger charge is 2.27. The minimum Gasteiger partial charge on any atom is -0.439 e. The van der Waals surface area contributed by atoms with Crippen LogP contribution in [0.3, 0.4) is 0 Å². The lowest BCUT2D eigenvalue weighted by atomic mass is 10.1. The molecule has 1 aromatic carbocycles. The summed E-state index contributed by atoms with van der Waals surface area (Å²) in [6.07, 6.45) is 6.73. The average molecular weight is 397 g/mol. The second-order valence-corrected chi connectivity index (χ2v) is 7.77. The van der Waals surface area contributed by atoms with Gasteiger partial charge in [-0.15, -0.1) is 0 Å². The molecule has 6 nitrogen and oxygen atoms in total. The molecular weight excluding hydrogens is 364 g/mol. The lowest BCUT2D eigenvalue weighted by molar-refractivity contribution is -0.133. The van der Waals surface area contributed by atoms with Crippen LogP contribution in [0.25, 0.3) is 0 Å². The Labute approximate surface area is 173 Å².